The molecule has 0 radical (unpaired) electrons. The lowest BCUT2D eigenvalue weighted by atomic mass is 9.75. The number of benzene rings is 3. The van der Waals surface area contributed by atoms with Crippen LogP contribution >= 0.6 is 0 Å². The highest BCUT2D eigenvalue weighted by Crippen LogP contribution is 2.51. The van der Waals surface area contributed by atoms with E-state index in [4.69, 9.17) is 9.40 Å². The molecule has 6 rings (SSSR count). The van der Waals surface area contributed by atoms with Gasteiger partial charge < -0.3 is 4.42 Å². The van der Waals surface area contributed by atoms with E-state index in [1.807, 2.05) is 6.20 Å². The lowest BCUT2D eigenvalue weighted by Gasteiger charge is -2.29. The fourth-order valence-corrected chi connectivity index (χ4v) is 5.09. The van der Waals surface area contributed by atoms with E-state index >= 15 is 0 Å². The van der Waals surface area contributed by atoms with Crippen molar-refractivity contribution in [1.29, 1.82) is 0 Å². The molecule has 0 N–H and O–H groups in total. The van der Waals surface area contributed by atoms with Gasteiger partial charge in [-0.2, -0.15) is 0 Å². The molecule has 0 spiro atoms. The summed E-state index contributed by atoms with van der Waals surface area (Å²) in [6.07, 6.45) is 2.01. The maximum atomic E-state index is 6.44. The molecule has 0 saturated heterocycles. The van der Waals surface area contributed by atoms with Crippen molar-refractivity contribution >= 4 is 32.7 Å². The predicted molar refractivity (Wildman–Crippen MR) is 116 cm³/mol. The Kier molecular flexibility index (Phi) is 2.85. The first-order valence-electron chi connectivity index (χ1n) is 9.83. The highest BCUT2D eigenvalue weighted by molar-refractivity contribution is 6.17. The van der Waals surface area contributed by atoms with Gasteiger partial charge in [-0.3, -0.25) is 4.98 Å². The molecule has 0 bridgehead atoms. The summed E-state index contributed by atoms with van der Waals surface area (Å²) >= 11 is 0. The summed E-state index contributed by atoms with van der Waals surface area (Å²) in [5.74, 6) is 0. The molecule has 1 aliphatic carbocycles. The zero-order valence-corrected chi connectivity index (χ0v) is 16.6. The summed E-state index contributed by atoms with van der Waals surface area (Å²) in [5.41, 5.74) is 9.02. The minimum atomic E-state index is -0.196. The van der Waals surface area contributed by atoms with Crippen molar-refractivity contribution in [3.8, 4) is 11.3 Å². The van der Waals surface area contributed by atoms with Gasteiger partial charge in [0.1, 0.15) is 11.2 Å². The molecule has 5 aromatic rings. The number of hydrogen-bond donors (Lipinski definition) is 0. The summed E-state index contributed by atoms with van der Waals surface area (Å²) < 4.78 is 6.44. The summed E-state index contributed by atoms with van der Waals surface area (Å²) in [7, 11) is 0. The monoisotopic (exact) mass is 363 g/mol. The van der Waals surface area contributed by atoms with E-state index < -0.39 is 0 Å². The quantitative estimate of drug-likeness (QED) is 0.294. The molecule has 0 atom stereocenters. The van der Waals surface area contributed by atoms with Crippen LogP contribution in [0.25, 0.3) is 44.0 Å². The lowest BCUT2D eigenvalue weighted by Crippen LogP contribution is -2.20. The lowest BCUT2D eigenvalue weighted by molar-refractivity contribution is 0.644. The summed E-state index contributed by atoms with van der Waals surface area (Å²) in [6.45, 7) is 8.90. The van der Waals surface area contributed by atoms with E-state index in [1.54, 1.807) is 0 Å². The second kappa shape index (κ2) is 5.02. The van der Waals surface area contributed by atoms with Crippen molar-refractivity contribution in [2.75, 3.05) is 0 Å². The Morgan fingerprint density at radius 1 is 0.821 bits per heavy atom. The smallest absolute Gasteiger partial charge is 0.139 e. The molecule has 2 nitrogen and oxygen atoms in total. The first-order valence-corrected chi connectivity index (χ1v) is 9.83. The third-order valence-corrected chi connectivity index (χ3v) is 6.52. The van der Waals surface area contributed by atoms with Crippen molar-refractivity contribution in [3.63, 3.8) is 0 Å². The SMILES string of the molecule is Cc1ccc2c3c1oc1c(C)ccc(c13)C(C)(C)c1c-2ncc2ccccc12. The molecule has 0 fully saturated rings. The number of aromatic nitrogens is 1. The fraction of sp³-hybridized carbons (Fsp3) is 0.192. The van der Waals surface area contributed by atoms with Gasteiger partial charge in [-0.15, -0.1) is 0 Å². The Balaban J connectivity index is 1.96. The summed E-state index contributed by atoms with van der Waals surface area (Å²) in [5, 5.41) is 4.93. The van der Waals surface area contributed by atoms with Crippen molar-refractivity contribution in [2.24, 2.45) is 0 Å². The van der Waals surface area contributed by atoms with Crippen LogP contribution in [-0.4, -0.2) is 4.98 Å². The van der Waals surface area contributed by atoms with Gasteiger partial charge in [0.15, 0.2) is 0 Å². The van der Waals surface area contributed by atoms with Crippen LogP contribution in [0.3, 0.4) is 0 Å². The van der Waals surface area contributed by atoms with Crippen LogP contribution in [0.1, 0.15) is 36.1 Å². The van der Waals surface area contributed by atoms with E-state index in [9.17, 15) is 0 Å². The first-order chi connectivity index (χ1) is 13.5. The van der Waals surface area contributed by atoms with Crippen LogP contribution in [-0.2, 0) is 5.41 Å². The van der Waals surface area contributed by atoms with Gasteiger partial charge in [0, 0.05) is 33.3 Å². The number of furan rings is 1. The largest absolute Gasteiger partial charge is 0.455 e. The van der Waals surface area contributed by atoms with Crippen LogP contribution in [0.4, 0.5) is 0 Å². The fourth-order valence-electron chi connectivity index (χ4n) is 5.09. The number of aryl methyl sites for hydroxylation is 2. The van der Waals surface area contributed by atoms with Crippen LogP contribution < -0.4 is 0 Å². The number of hydrogen-bond acceptors (Lipinski definition) is 2. The molecule has 0 saturated carbocycles. The van der Waals surface area contributed by atoms with E-state index in [0.29, 0.717) is 0 Å². The molecule has 28 heavy (non-hydrogen) atoms. The molecule has 2 heterocycles. The Hall–Kier alpha value is -3.13. The van der Waals surface area contributed by atoms with Crippen LogP contribution in [0, 0.1) is 13.8 Å². The van der Waals surface area contributed by atoms with E-state index in [1.165, 1.54) is 49.4 Å². The normalized spacial score (nSPS) is 14.7. The Bertz CT molecular complexity index is 1450. The molecule has 2 heteroatoms. The van der Waals surface area contributed by atoms with Crippen LogP contribution in [0.5, 0.6) is 0 Å². The Morgan fingerprint density at radius 2 is 1.54 bits per heavy atom. The molecular formula is C26H21NO. The molecule has 0 unspecified atom stereocenters. The number of rotatable bonds is 0. The maximum Gasteiger partial charge on any atom is 0.139 e. The molecule has 0 amide bonds. The zero-order chi connectivity index (χ0) is 19.2. The Morgan fingerprint density at radius 3 is 2.36 bits per heavy atom. The minimum absolute atomic E-state index is 0.196. The minimum Gasteiger partial charge on any atom is -0.455 e. The van der Waals surface area contributed by atoms with Gasteiger partial charge in [0.25, 0.3) is 0 Å². The average Bonchev–Trinajstić information content (AvgIpc) is 3.06. The van der Waals surface area contributed by atoms with E-state index in [-0.39, 0.29) is 5.41 Å². The molecular weight excluding hydrogens is 342 g/mol. The van der Waals surface area contributed by atoms with Gasteiger partial charge >= 0.3 is 0 Å². The van der Waals surface area contributed by atoms with E-state index in [0.717, 1.165) is 16.9 Å². The second-order valence-corrected chi connectivity index (χ2v) is 8.56. The number of nitrogens with zero attached hydrogens (tertiary/aromatic N) is 1. The first kappa shape index (κ1) is 15.9. The van der Waals surface area contributed by atoms with Crippen molar-refractivity contribution < 1.29 is 4.42 Å². The summed E-state index contributed by atoms with van der Waals surface area (Å²) in [6, 6.07) is 17.5. The molecule has 0 aliphatic heterocycles. The molecule has 136 valence electrons. The topological polar surface area (TPSA) is 26.0 Å². The zero-order valence-electron chi connectivity index (χ0n) is 16.6. The second-order valence-electron chi connectivity index (χ2n) is 8.56. The van der Waals surface area contributed by atoms with Gasteiger partial charge in [-0.1, -0.05) is 62.4 Å². The molecule has 3 aromatic carbocycles. The third-order valence-electron chi connectivity index (χ3n) is 6.52. The van der Waals surface area contributed by atoms with Crippen LogP contribution in [0.2, 0.25) is 0 Å². The van der Waals surface area contributed by atoms with Crippen molar-refractivity contribution in [3.05, 3.63) is 77.0 Å². The van der Waals surface area contributed by atoms with Crippen LogP contribution in [0.15, 0.2) is 59.1 Å². The van der Waals surface area contributed by atoms with Gasteiger partial charge in [-0.05, 0) is 41.5 Å². The van der Waals surface area contributed by atoms with Crippen molar-refractivity contribution in [2.45, 2.75) is 33.1 Å². The third kappa shape index (κ3) is 1.76. The predicted octanol–water partition coefficient (Wildman–Crippen LogP) is 7.06. The van der Waals surface area contributed by atoms with Gasteiger partial charge in [-0.25, -0.2) is 0 Å². The van der Waals surface area contributed by atoms with E-state index in [2.05, 4.69) is 76.2 Å². The number of pyridine rings is 1. The highest BCUT2D eigenvalue weighted by Gasteiger charge is 2.36. The summed E-state index contributed by atoms with van der Waals surface area (Å²) in [4.78, 5) is 4.99. The molecule has 2 aromatic heterocycles. The number of fused-ring (bicyclic) bond motifs is 4. The van der Waals surface area contributed by atoms with Gasteiger partial charge in [0.2, 0.25) is 0 Å². The van der Waals surface area contributed by atoms with Crippen molar-refractivity contribution in [1.82, 2.24) is 4.98 Å². The average molecular weight is 363 g/mol. The van der Waals surface area contributed by atoms with Gasteiger partial charge in [0.05, 0.1) is 5.69 Å². The standard InChI is InChI=1S/C26H21NO/c1-14-9-11-18-20-21-19(12-10-15(2)25(21)28-24(14)20)26(3,4)22-17-8-6-5-7-16(17)13-27-23(18)22/h5-13H,1-4H3. The maximum absolute atomic E-state index is 6.44. The molecule has 1 aliphatic rings. The Labute approximate surface area is 163 Å². The highest BCUT2D eigenvalue weighted by atomic mass is 16.3.